The Kier molecular flexibility index (Phi) is 5.42. The van der Waals surface area contributed by atoms with Crippen LogP contribution in [0.1, 0.15) is 28.4 Å². The zero-order valence-electron chi connectivity index (χ0n) is 14.2. The van der Waals surface area contributed by atoms with Crippen LogP contribution in [0.25, 0.3) is 23.3 Å². The molecule has 0 amide bonds. The molecule has 0 spiro atoms. The van der Waals surface area contributed by atoms with Crippen molar-refractivity contribution in [1.29, 1.82) is 0 Å². The quantitative estimate of drug-likeness (QED) is 0.416. The summed E-state index contributed by atoms with van der Waals surface area (Å²) in [5, 5.41) is 9.33. The first kappa shape index (κ1) is 17.8. The molecule has 0 fully saturated rings. The average Bonchev–Trinajstić information content (AvgIpc) is 2.70. The van der Waals surface area contributed by atoms with Gasteiger partial charge in [0, 0.05) is 5.56 Å². The standard InChI is InChI=1S/C23H19FO2/c1-3-16-5-8-18(9-6-16)19-10-12-20(13-11-19)23(26-25)21-14-7-17(4-2)15-22(21)24/h3-15,23,25H,1-2H2. The van der Waals surface area contributed by atoms with Crippen molar-refractivity contribution >= 4 is 12.2 Å². The van der Waals surface area contributed by atoms with E-state index >= 15 is 0 Å². The molecule has 26 heavy (non-hydrogen) atoms. The zero-order valence-corrected chi connectivity index (χ0v) is 14.2. The van der Waals surface area contributed by atoms with Gasteiger partial charge in [0.05, 0.1) is 0 Å². The van der Waals surface area contributed by atoms with Crippen LogP contribution in [-0.2, 0) is 4.89 Å². The Hall–Kier alpha value is -3.01. The van der Waals surface area contributed by atoms with E-state index in [0.29, 0.717) is 11.1 Å². The summed E-state index contributed by atoms with van der Waals surface area (Å²) in [6.07, 6.45) is 2.46. The Balaban J connectivity index is 1.90. The third kappa shape index (κ3) is 3.64. The molecule has 3 rings (SSSR count). The van der Waals surface area contributed by atoms with Crippen LogP contribution in [0.3, 0.4) is 0 Å². The second-order valence-corrected chi connectivity index (χ2v) is 5.92. The molecule has 0 saturated heterocycles. The van der Waals surface area contributed by atoms with Gasteiger partial charge in [-0.05, 0) is 33.9 Å². The lowest BCUT2D eigenvalue weighted by Gasteiger charge is -2.16. The minimum absolute atomic E-state index is 0.265. The molecule has 0 aliphatic rings. The fraction of sp³-hybridized carbons (Fsp3) is 0.0435. The molecule has 130 valence electrons. The maximum atomic E-state index is 14.3. The van der Waals surface area contributed by atoms with Gasteiger partial charge in [0.25, 0.3) is 0 Å². The van der Waals surface area contributed by atoms with E-state index in [9.17, 15) is 9.65 Å². The molecule has 1 N–H and O–H groups in total. The summed E-state index contributed by atoms with van der Waals surface area (Å²) < 4.78 is 14.3. The molecule has 0 bridgehead atoms. The summed E-state index contributed by atoms with van der Waals surface area (Å²) in [5.74, 6) is -0.453. The van der Waals surface area contributed by atoms with Gasteiger partial charge in [-0.2, -0.15) is 0 Å². The minimum atomic E-state index is -0.897. The first-order chi connectivity index (χ1) is 12.7. The summed E-state index contributed by atoms with van der Waals surface area (Å²) >= 11 is 0. The fourth-order valence-corrected chi connectivity index (χ4v) is 2.84. The number of hydrogen-bond donors (Lipinski definition) is 1. The Labute approximate surface area is 152 Å². The second-order valence-electron chi connectivity index (χ2n) is 5.92. The van der Waals surface area contributed by atoms with E-state index in [1.54, 1.807) is 24.3 Å². The average molecular weight is 346 g/mol. The summed E-state index contributed by atoms with van der Waals surface area (Å²) in [6.45, 7) is 7.37. The first-order valence-corrected chi connectivity index (χ1v) is 8.21. The Morgan fingerprint density at radius 3 is 1.85 bits per heavy atom. The fourth-order valence-electron chi connectivity index (χ4n) is 2.84. The van der Waals surface area contributed by atoms with Crippen LogP contribution in [0.4, 0.5) is 4.39 Å². The van der Waals surface area contributed by atoms with Gasteiger partial charge in [-0.25, -0.2) is 9.28 Å². The van der Waals surface area contributed by atoms with Gasteiger partial charge in [0.1, 0.15) is 11.9 Å². The molecular formula is C23H19FO2. The highest BCUT2D eigenvalue weighted by Crippen LogP contribution is 2.30. The molecule has 3 aromatic carbocycles. The van der Waals surface area contributed by atoms with Crippen LogP contribution in [-0.4, -0.2) is 5.26 Å². The molecule has 1 atom stereocenters. The smallest absolute Gasteiger partial charge is 0.146 e. The van der Waals surface area contributed by atoms with Crippen molar-refractivity contribution in [2.24, 2.45) is 0 Å². The Morgan fingerprint density at radius 2 is 1.35 bits per heavy atom. The molecule has 0 saturated carbocycles. The molecule has 3 aromatic rings. The van der Waals surface area contributed by atoms with Gasteiger partial charge < -0.3 is 0 Å². The van der Waals surface area contributed by atoms with Gasteiger partial charge in [-0.1, -0.05) is 86.0 Å². The van der Waals surface area contributed by atoms with Crippen LogP contribution in [0.2, 0.25) is 0 Å². The molecular weight excluding hydrogens is 327 g/mol. The van der Waals surface area contributed by atoms with Crippen molar-refractivity contribution in [3.63, 3.8) is 0 Å². The molecule has 1 unspecified atom stereocenters. The van der Waals surface area contributed by atoms with Crippen LogP contribution >= 0.6 is 0 Å². The van der Waals surface area contributed by atoms with Gasteiger partial charge >= 0.3 is 0 Å². The van der Waals surface area contributed by atoms with Crippen molar-refractivity contribution < 1.29 is 14.5 Å². The lowest BCUT2D eigenvalue weighted by molar-refractivity contribution is -0.271. The van der Waals surface area contributed by atoms with Crippen molar-refractivity contribution in [2.75, 3.05) is 0 Å². The summed E-state index contributed by atoms with van der Waals surface area (Å²) in [5.41, 5.74) is 4.72. The normalized spacial score (nSPS) is 11.8. The lowest BCUT2D eigenvalue weighted by atomic mass is 9.97. The molecule has 0 aromatic heterocycles. The molecule has 2 nitrogen and oxygen atoms in total. The van der Waals surface area contributed by atoms with Gasteiger partial charge in [0.15, 0.2) is 0 Å². The second kappa shape index (κ2) is 7.91. The highest BCUT2D eigenvalue weighted by atomic mass is 19.1. The lowest BCUT2D eigenvalue weighted by Crippen LogP contribution is -2.06. The molecule has 0 aliphatic carbocycles. The van der Waals surface area contributed by atoms with Crippen LogP contribution in [0, 0.1) is 5.82 Å². The Morgan fingerprint density at radius 1 is 0.808 bits per heavy atom. The topological polar surface area (TPSA) is 29.5 Å². The van der Waals surface area contributed by atoms with E-state index in [4.69, 9.17) is 0 Å². The van der Waals surface area contributed by atoms with Crippen molar-refractivity contribution in [1.82, 2.24) is 0 Å². The van der Waals surface area contributed by atoms with E-state index in [-0.39, 0.29) is 5.56 Å². The van der Waals surface area contributed by atoms with E-state index in [1.807, 2.05) is 48.5 Å². The van der Waals surface area contributed by atoms with E-state index < -0.39 is 11.9 Å². The number of rotatable bonds is 6. The predicted octanol–water partition coefficient (Wildman–Crippen LogP) is 6.36. The Bertz CT molecular complexity index is 912. The maximum absolute atomic E-state index is 14.3. The van der Waals surface area contributed by atoms with E-state index in [0.717, 1.165) is 16.7 Å². The van der Waals surface area contributed by atoms with Crippen molar-refractivity contribution in [3.8, 4) is 11.1 Å². The van der Waals surface area contributed by atoms with Crippen LogP contribution in [0.5, 0.6) is 0 Å². The molecule has 0 radical (unpaired) electrons. The SMILES string of the molecule is C=Cc1ccc(-c2ccc(C(OO)c3ccc(C=C)cc3F)cc2)cc1. The number of benzene rings is 3. The van der Waals surface area contributed by atoms with Gasteiger partial charge in [0.2, 0.25) is 0 Å². The summed E-state index contributed by atoms with van der Waals surface area (Å²) in [4.78, 5) is 4.58. The minimum Gasteiger partial charge on any atom is -0.251 e. The molecule has 3 heteroatoms. The van der Waals surface area contributed by atoms with Crippen molar-refractivity contribution in [3.05, 3.63) is 108 Å². The van der Waals surface area contributed by atoms with Crippen LogP contribution in [0.15, 0.2) is 79.9 Å². The van der Waals surface area contributed by atoms with Gasteiger partial charge in [-0.3, -0.25) is 5.26 Å². The van der Waals surface area contributed by atoms with E-state index in [1.165, 1.54) is 6.07 Å². The molecule has 0 heterocycles. The highest BCUT2D eigenvalue weighted by Gasteiger charge is 2.19. The first-order valence-electron chi connectivity index (χ1n) is 8.21. The third-order valence-corrected chi connectivity index (χ3v) is 4.34. The number of hydrogen-bond acceptors (Lipinski definition) is 2. The number of halogens is 1. The van der Waals surface area contributed by atoms with Crippen molar-refractivity contribution in [2.45, 2.75) is 6.10 Å². The maximum Gasteiger partial charge on any atom is 0.146 e. The summed E-state index contributed by atoms with van der Waals surface area (Å²) in [7, 11) is 0. The monoisotopic (exact) mass is 346 g/mol. The molecule has 0 aliphatic heterocycles. The largest absolute Gasteiger partial charge is 0.251 e. The third-order valence-electron chi connectivity index (χ3n) is 4.34. The highest BCUT2D eigenvalue weighted by molar-refractivity contribution is 5.66. The summed E-state index contributed by atoms with van der Waals surface area (Å²) in [6, 6.07) is 20.2. The zero-order chi connectivity index (χ0) is 18.5. The predicted molar refractivity (Wildman–Crippen MR) is 104 cm³/mol. The van der Waals surface area contributed by atoms with Crippen LogP contribution < -0.4 is 0 Å². The van der Waals surface area contributed by atoms with Gasteiger partial charge in [-0.15, -0.1) is 0 Å². The van der Waals surface area contributed by atoms with E-state index in [2.05, 4.69) is 18.0 Å².